The second-order valence-electron chi connectivity index (χ2n) is 5.77. The third-order valence-corrected chi connectivity index (χ3v) is 5.26. The number of nitrogens with zero attached hydrogens (tertiary/aromatic N) is 1. The van der Waals surface area contributed by atoms with E-state index < -0.39 is 0 Å². The zero-order valence-corrected chi connectivity index (χ0v) is 15.5. The van der Waals surface area contributed by atoms with Crippen molar-refractivity contribution >= 4 is 40.4 Å². The summed E-state index contributed by atoms with van der Waals surface area (Å²) in [4.78, 5) is 26.6. The van der Waals surface area contributed by atoms with Crippen molar-refractivity contribution in [1.82, 2.24) is 4.90 Å². The minimum absolute atomic E-state index is 0.0158. The van der Waals surface area contributed by atoms with Gasteiger partial charge >= 0.3 is 0 Å². The van der Waals surface area contributed by atoms with E-state index in [0.29, 0.717) is 31.7 Å². The number of carbonyl (C=O) groups is 2. The summed E-state index contributed by atoms with van der Waals surface area (Å²) in [5.74, 6) is 0.597. The quantitative estimate of drug-likeness (QED) is 0.833. The molecule has 0 radical (unpaired) electrons. The molecule has 3 rings (SSSR count). The third-order valence-electron chi connectivity index (χ3n) is 4.04. The Hall–Kier alpha value is -2.05. The molecule has 25 heavy (non-hydrogen) atoms. The van der Waals surface area contributed by atoms with Crippen molar-refractivity contribution in [1.29, 1.82) is 0 Å². The minimum atomic E-state index is -0.0713. The van der Waals surface area contributed by atoms with Gasteiger partial charge in [-0.25, -0.2) is 0 Å². The summed E-state index contributed by atoms with van der Waals surface area (Å²) in [7, 11) is 0. The lowest BCUT2D eigenvalue weighted by Gasteiger charge is -2.21. The Bertz CT molecular complexity index is 790. The van der Waals surface area contributed by atoms with Gasteiger partial charge in [-0.1, -0.05) is 11.6 Å². The molecule has 2 amide bonds. The molecule has 0 saturated heterocycles. The molecule has 2 heterocycles. The van der Waals surface area contributed by atoms with Gasteiger partial charge in [-0.15, -0.1) is 11.3 Å². The standard InChI is InChI=1S/C18H19ClN2O3S/c1-2-21(10-14-5-7-16(19)25-14)18(23)11-24-13-4-6-15-12(9-13)3-8-17(22)20-15/h4-7,9H,2-3,8,10-11H2,1H3,(H,20,22). The maximum Gasteiger partial charge on any atom is 0.260 e. The van der Waals surface area contributed by atoms with Crippen LogP contribution in [0.5, 0.6) is 5.75 Å². The van der Waals surface area contributed by atoms with Crippen molar-refractivity contribution in [3.8, 4) is 5.75 Å². The summed E-state index contributed by atoms with van der Waals surface area (Å²) in [5, 5.41) is 2.83. The van der Waals surface area contributed by atoms with E-state index in [4.69, 9.17) is 16.3 Å². The number of hydrogen-bond donors (Lipinski definition) is 1. The number of ether oxygens (including phenoxy) is 1. The van der Waals surface area contributed by atoms with E-state index in [1.165, 1.54) is 11.3 Å². The molecule has 0 spiro atoms. The lowest BCUT2D eigenvalue weighted by molar-refractivity contribution is -0.133. The average Bonchev–Trinajstić information content (AvgIpc) is 3.02. The van der Waals surface area contributed by atoms with Crippen LogP contribution < -0.4 is 10.1 Å². The van der Waals surface area contributed by atoms with Gasteiger partial charge in [-0.3, -0.25) is 9.59 Å². The number of carbonyl (C=O) groups excluding carboxylic acids is 2. The number of benzene rings is 1. The number of nitrogens with one attached hydrogen (secondary N) is 1. The van der Waals surface area contributed by atoms with Crippen LogP contribution in [0.1, 0.15) is 23.8 Å². The maximum atomic E-state index is 12.4. The van der Waals surface area contributed by atoms with Crippen molar-refractivity contribution in [3.63, 3.8) is 0 Å². The zero-order chi connectivity index (χ0) is 17.8. The van der Waals surface area contributed by atoms with Gasteiger partial charge in [0.05, 0.1) is 10.9 Å². The number of amides is 2. The SMILES string of the molecule is CCN(Cc1ccc(Cl)s1)C(=O)COc1ccc2c(c1)CCC(=O)N2. The summed E-state index contributed by atoms with van der Waals surface area (Å²) >= 11 is 7.41. The Morgan fingerprint density at radius 2 is 2.16 bits per heavy atom. The molecule has 0 atom stereocenters. The molecule has 1 N–H and O–H groups in total. The largest absolute Gasteiger partial charge is 0.484 e. The van der Waals surface area contributed by atoms with Crippen LogP contribution in [0.2, 0.25) is 4.34 Å². The van der Waals surface area contributed by atoms with Crippen LogP contribution in [-0.2, 0) is 22.6 Å². The number of rotatable bonds is 6. The maximum absolute atomic E-state index is 12.4. The number of aryl methyl sites for hydroxylation is 1. The van der Waals surface area contributed by atoms with E-state index in [1.54, 1.807) is 11.0 Å². The summed E-state index contributed by atoms with van der Waals surface area (Å²) in [6.07, 6.45) is 1.16. The molecular formula is C18H19ClN2O3S. The molecule has 0 fully saturated rings. The Balaban J connectivity index is 1.58. The molecule has 0 unspecified atom stereocenters. The summed E-state index contributed by atoms with van der Waals surface area (Å²) < 4.78 is 6.38. The summed E-state index contributed by atoms with van der Waals surface area (Å²) in [6, 6.07) is 9.24. The highest BCUT2D eigenvalue weighted by atomic mass is 35.5. The van der Waals surface area contributed by atoms with Crippen LogP contribution >= 0.6 is 22.9 Å². The van der Waals surface area contributed by atoms with E-state index >= 15 is 0 Å². The van der Waals surface area contributed by atoms with Gasteiger partial charge in [-0.2, -0.15) is 0 Å². The van der Waals surface area contributed by atoms with E-state index in [0.717, 1.165) is 20.5 Å². The first-order valence-corrected chi connectivity index (χ1v) is 9.32. The topological polar surface area (TPSA) is 58.6 Å². The molecule has 132 valence electrons. The van der Waals surface area contributed by atoms with Gasteiger partial charge in [0, 0.05) is 23.5 Å². The number of halogens is 1. The summed E-state index contributed by atoms with van der Waals surface area (Å²) in [5.41, 5.74) is 1.85. The van der Waals surface area contributed by atoms with Crippen molar-refractivity contribution in [3.05, 3.63) is 45.1 Å². The Labute approximate surface area is 155 Å². The number of thiophene rings is 1. The molecular weight excluding hydrogens is 360 g/mol. The molecule has 7 heteroatoms. The van der Waals surface area contributed by atoms with E-state index in [1.807, 2.05) is 31.2 Å². The van der Waals surface area contributed by atoms with E-state index in [2.05, 4.69) is 5.32 Å². The van der Waals surface area contributed by atoms with Crippen LogP contribution in [0.25, 0.3) is 0 Å². The predicted octanol–water partition coefficient (Wildman–Crippen LogP) is 3.71. The monoisotopic (exact) mass is 378 g/mol. The highest BCUT2D eigenvalue weighted by Gasteiger charge is 2.17. The predicted molar refractivity (Wildman–Crippen MR) is 99.3 cm³/mol. The average molecular weight is 379 g/mol. The lowest BCUT2D eigenvalue weighted by atomic mass is 10.0. The smallest absolute Gasteiger partial charge is 0.260 e. The van der Waals surface area contributed by atoms with Crippen molar-refractivity contribution < 1.29 is 14.3 Å². The number of fused-ring (bicyclic) bond motifs is 1. The highest BCUT2D eigenvalue weighted by molar-refractivity contribution is 7.16. The van der Waals surface area contributed by atoms with Crippen LogP contribution in [0.15, 0.2) is 30.3 Å². The Morgan fingerprint density at radius 3 is 2.88 bits per heavy atom. The normalized spacial score (nSPS) is 13.1. The van der Waals surface area contributed by atoms with Crippen LogP contribution in [0.3, 0.4) is 0 Å². The fourth-order valence-corrected chi connectivity index (χ4v) is 3.79. The van der Waals surface area contributed by atoms with Crippen molar-refractivity contribution in [2.24, 2.45) is 0 Å². The zero-order valence-electron chi connectivity index (χ0n) is 13.9. The second-order valence-corrected chi connectivity index (χ2v) is 7.57. The Morgan fingerprint density at radius 1 is 1.32 bits per heavy atom. The first-order chi connectivity index (χ1) is 12.0. The van der Waals surface area contributed by atoms with Crippen molar-refractivity contribution in [2.75, 3.05) is 18.5 Å². The second kappa shape index (κ2) is 7.89. The molecule has 0 aliphatic carbocycles. The Kier molecular flexibility index (Phi) is 5.60. The fourth-order valence-electron chi connectivity index (χ4n) is 2.69. The number of hydrogen-bond acceptors (Lipinski definition) is 4. The first-order valence-electron chi connectivity index (χ1n) is 8.12. The third kappa shape index (κ3) is 4.52. The van der Waals surface area contributed by atoms with Gasteiger partial charge in [0.25, 0.3) is 5.91 Å². The lowest BCUT2D eigenvalue weighted by Crippen LogP contribution is -2.34. The highest BCUT2D eigenvalue weighted by Crippen LogP contribution is 2.27. The van der Waals surface area contributed by atoms with Gasteiger partial charge in [0.1, 0.15) is 5.75 Å². The summed E-state index contributed by atoms with van der Waals surface area (Å²) in [6.45, 7) is 3.06. The van der Waals surface area contributed by atoms with Gasteiger partial charge in [0.2, 0.25) is 5.91 Å². The number of anilines is 1. The minimum Gasteiger partial charge on any atom is -0.484 e. The molecule has 1 aromatic carbocycles. The first kappa shape index (κ1) is 17.8. The van der Waals surface area contributed by atoms with E-state index in [-0.39, 0.29) is 18.4 Å². The molecule has 0 bridgehead atoms. The molecule has 1 aliphatic heterocycles. The van der Waals surface area contributed by atoms with Gasteiger partial charge in [0.15, 0.2) is 6.61 Å². The number of likely N-dealkylation sites (N-methyl/N-ethyl adjacent to an activating group) is 1. The van der Waals surface area contributed by atoms with Crippen LogP contribution in [0.4, 0.5) is 5.69 Å². The van der Waals surface area contributed by atoms with Gasteiger partial charge < -0.3 is 15.0 Å². The molecule has 5 nitrogen and oxygen atoms in total. The molecule has 2 aromatic rings. The molecule has 1 aromatic heterocycles. The van der Waals surface area contributed by atoms with Crippen LogP contribution in [-0.4, -0.2) is 29.9 Å². The van der Waals surface area contributed by atoms with Gasteiger partial charge in [-0.05, 0) is 49.2 Å². The van der Waals surface area contributed by atoms with Crippen molar-refractivity contribution in [2.45, 2.75) is 26.3 Å². The van der Waals surface area contributed by atoms with E-state index in [9.17, 15) is 9.59 Å². The molecule has 1 aliphatic rings. The fraction of sp³-hybridized carbons (Fsp3) is 0.333. The van der Waals surface area contributed by atoms with Crippen LogP contribution in [0, 0.1) is 0 Å². The molecule has 0 saturated carbocycles.